The van der Waals surface area contributed by atoms with E-state index in [9.17, 15) is 4.39 Å². The van der Waals surface area contributed by atoms with Gasteiger partial charge in [0.25, 0.3) is 0 Å². The first-order valence-corrected chi connectivity index (χ1v) is 10.8. The maximum absolute atomic E-state index is 14.4. The highest BCUT2D eigenvalue weighted by atomic mass is 19.1. The van der Waals surface area contributed by atoms with Gasteiger partial charge in [0.15, 0.2) is 11.6 Å². The third-order valence-corrected chi connectivity index (χ3v) is 7.11. The quantitative estimate of drug-likeness (QED) is 0.447. The van der Waals surface area contributed by atoms with E-state index in [1.54, 1.807) is 12.3 Å². The fraction of sp³-hybridized carbons (Fsp3) is 0.304. The molecule has 3 aromatic heterocycles. The molecular weight excluding hydrogens is 407 g/mol. The molecule has 6 rings (SSSR count). The second-order valence-corrected chi connectivity index (χ2v) is 8.76. The number of aromatic amines is 1. The Morgan fingerprint density at radius 1 is 1.12 bits per heavy atom. The zero-order valence-electron chi connectivity index (χ0n) is 17.4. The fourth-order valence-corrected chi connectivity index (χ4v) is 5.27. The van der Waals surface area contributed by atoms with Gasteiger partial charge in [0, 0.05) is 30.9 Å². The molecule has 0 amide bonds. The number of pyridine rings is 1. The Morgan fingerprint density at radius 3 is 2.75 bits per heavy atom. The van der Waals surface area contributed by atoms with Gasteiger partial charge in [-0.25, -0.2) is 19.3 Å². The lowest BCUT2D eigenvalue weighted by atomic mass is 9.73. The Bertz CT molecular complexity index is 1320. The maximum atomic E-state index is 14.4. The predicted octanol–water partition coefficient (Wildman–Crippen LogP) is 2.98. The van der Waals surface area contributed by atoms with Gasteiger partial charge in [0.1, 0.15) is 11.3 Å². The molecule has 0 saturated carbocycles. The molecule has 1 fully saturated rings. The van der Waals surface area contributed by atoms with Crippen LogP contribution in [0.5, 0.6) is 0 Å². The zero-order valence-corrected chi connectivity index (χ0v) is 17.4. The third-order valence-electron chi connectivity index (χ3n) is 7.11. The monoisotopic (exact) mass is 430 g/mol. The van der Waals surface area contributed by atoms with E-state index in [-0.39, 0.29) is 22.8 Å². The van der Waals surface area contributed by atoms with Crippen LogP contribution in [0, 0.1) is 11.2 Å². The topological polar surface area (TPSA) is 123 Å². The van der Waals surface area contributed by atoms with E-state index in [0.29, 0.717) is 16.9 Å². The first-order valence-electron chi connectivity index (χ1n) is 10.8. The van der Waals surface area contributed by atoms with Crippen LogP contribution in [0.2, 0.25) is 0 Å². The van der Waals surface area contributed by atoms with E-state index in [1.807, 2.05) is 0 Å². The van der Waals surface area contributed by atoms with Crippen molar-refractivity contribution in [2.75, 3.05) is 23.7 Å². The highest BCUT2D eigenvalue weighted by Crippen LogP contribution is 2.50. The van der Waals surface area contributed by atoms with Gasteiger partial charge in [0.2, 0.25) is 5.65 Å². The Kier molecular flexibility index (Phi) is 4.16. The highest BCUT2D eigenvalue weighted by molar-refractivity contribution is 5.88. The summed E-state index contributed by atoms with van der Waals surface area (Å²) in [6.45, 7) is 1.71. The minimum atomic E-state index is -0.598. The summed E-state index contributed by atoms with van der Waals surface area (Å²) >= 11 is 0. The Balaban J connectivity index is 1.25. The average molecular weight is 430 g/mol. The standard InChI is InChI=1S/C23H23FN8/c24-17-15(5-8-27-21(17)26)18-19-22(31-30-18)29-16(12-28-19)32-9-6-23(7-10-32)11-13-3-1-2-4-14(13)20(23)25/h1-5,8,12,20H,6-7,9-11,25H2,(H2,26,27)(H,29,30,31). The second-order valence-electron chi connectivity index (χ2n) is 8.76. The van der Waals surface area contributed by atoms with Crippen molar-refractivity contribution in [3.05, 3.63) is 59.7 Å². The molecular formula is C23H23FN8. The molecule has 0 bridgehead atoms. The van der Waals surface area contributed by atoms with E-state index in [4.69, 9.17) is 16.5 Å². The van der Waals surface area contributed by atoms with Gasteiger partial charge in [-0.05, 0) is 41.9 Å². The summed E-state index contributed by atoms with van der Waals surface area (Å²) in [6.07, 6.45) is 6.21. The van der Waals surface area contributed by atoms with E-state index < -0.39 is 5.82 Å². The molecule has 32 heavy (non-hydrogen) atoms. The van der Waals surface area contributed by atoms with Crippen LogP contribution >= 0.6 is 0 Å². The van der Waals surface area contributed by atoms with Gasteiger partial charge in [-0.1, -0.05) is 24.3 Å². The van der Waals surface area contributed by atoms with Crippen LogP contribution in [0.4, 0.5) is 16.0 Å². The van der Waals surface area contributed by atoms with Gasteiger partial charge in [-0.3, -0.25) is 5.10 Å². The van der Waals surface area contributed by atoms with Gasteiger partial charge < -0.3 is 16.4 Å². The molecule has 9 heteroatoms. The molecule has 162 valence electrons. The number of H-pyrrole nitrogens is 1. The maximum Gasteiger partial charge on any atom is 0.202 e. The molecule has 1 unspecified atom stereocenters. The first kappa shape index (κ1) is 19.1. The predicted molar refractivity (Wildman–Crippen MR) is 120 cm³/mol. The minimum absolute atomic E-state index is 0.0750. The normalized spacial score (nSPS) is 19.6. The number of nitrogens with zero attached hydrogens (tertiary/aromatic N) is 5. The van der Waals surface area contributed by atoms with Crippen LogP contribution in [0.1, 0.15) is 30.0 Å². The molecule has 1 spiro atoms. The number of piperidine rings is 1. The summed E-state index contributed by atoms with van der Waals surface area (Å²) in [4.78, 5) is 15.2. The fourth-order valence-electron chi connectivity index (χ4n) is 5.27. The summed E-state index contributed by atoms with van der Waals surface area (Å²) in [7, 11) is 0. The zero-order chi connectivity index (χ0) is 21.9. The van der Waals surface area contributed by atoms with Gasteiger partial charge >= 0.3 is 0 Å². The minimum Gasteiger partial charge on any atom is -0.381 e. The summed E-state index contributed by atoms with van der Waals surface area (Å²) in [6, 6.07) is 10.1. The number of nitrogen functional groups attached to an aromatic ring is 1. The summed E-state index contributed by atoms with van der Waals surface area (Å²) in [5.41, 5.74) is 16.7. The summed E-state index contributed by atoms with van der Waals surface area (Å²) in [5, 5.41) is 7.11. The van der Waals surface area contributed by atoms with Crippen molar-refractivity contribution >= 4 is 22.8 Å². The number of nitrogens with one attached hydrogen (secondary N) is 1. The van der Waals surface area contributed by atoms with Crippen LogP contribution < -0.4 is 16.4 Å². The number of fused-ring (bicyclic) bond motifs is 2. The lowest BCUT2D eigenvalue weighted by Gasteiger charge is -2.42. The van der Waals surface area contributed by atoms with Crippen LogP contribution in [0.25, 0.3) is 22.4 Å². The van der Waals surface area contributed by atoms with E-state index in [0.717, 1.165) is 38.2 Å². The van der Waals surface area contributed by atoms with Crippen molar-refractivity contribution in [3.63, 3.8) is 0 Å². The number of hydrogen-bond donors (Lipinski definition) is 3. The van der Waals surface area contributed by atoms with Crippen LogP contribution in [0.15, 0.2) is 42.7 Å². The third kappa shape index (κ3) is 2.77. The molecule has 1 aliphatic carbocycles. The number of halogens is 1. The van der Waals surface area contributed by atoms with Crippen molar-refractivity contribution in [2.24, 2.45) is 11.1 Å². The Labute approximate surface area is 183 Å². The van der Waals surface area contributed by atoms with E-state index >= 15 is 0 Å². The van der Waals surface area contributed by atoms with Gasteiger partial charge in [-0.15, -0.1) is 0 Å². The molecule has 4 aromatic rings. The van der Waals surface area contributed by atoms with Crippen molar-refractivity contribution in [2.45, 2.75) is 25.3 Å². The molecule has 1 atom stereocenters. The van der Waals surface area contributed by atoms with E-state index in [1.165, 1.54) is 17.3 Å². The largest absolute Gasteiger partial charge is 0.381 e. The number of anilines is 2. The molecule has 1 aromatic carbocycles. The Hall–Kier alpha value is -3.59. The van der Waals surface area contributed by atoms with E-state index in [2.05, 4.69) is 49.3 Å². The van der Waals surface area contributed by atoms with Crippen molar-refractivity contribution in [1.82, 2.24) is 25.1 Å². The highest BCUT2D eigenvalue weighted by Gasteiger charge is 2.45. The molecule has 0 radical (unpaired) electrons. The van der Waals surface area contributed by atoms with Crippen LogP contribution in [-0.2, 0) is 6.42 Å². The molecule has 1 aliphatic heterocycles. The van der Waals surface area contributed by atoms with Crippen molar-refractivity contribution in [1.29, 1.82) is 0 Å². The number of benzene rings is 1. The molecule has 4 heterocycles. The second kappa shape index (κ2) is 6.96. The summed E-state index contributed by atoms with van der Waals surface area (Å²) < 4.78 is 14.4. The number of hydrogen-bond acceptors (Lipinski definition) is 7. The van der Waals surface area contributed by atoms with Gasteiger partial charge in [0.05, 0.1) is 11.9 Å². The smallest absolute Gasteiger partial charge is 0.202 e. The molecule has 8 nitrogen and oxygen atoms in total. The SMILES string of the molecule is Nc1nccc(-c2[nH]nc3nc(N4CCC5(CC4)Cc4ccccc4C5N)cnc23)c1F. The lowest BCUT2D eigenvalue weighted by molar-refractivity contribution is 0.187. The van der Waals surface area contributed by atoms with Gasteiger partial charge in [-0.2, -0.15) is 5.10 Å². The molecule has 2 aliphatic rings. The Morgan fingerprint density at radius 2 is 1.94 bits per heavy atom. The molecule has 1 saturated heterocycles. The number of nitrogens with two attached hydrogens (primary N) is 2. The van der Waals surface area contributed by atoms with Crippen LogP contribution in [-0.4, -0.2) is 38.2 Å². The molecule has 5 N–H and O–H groups in total. The average Bonchev–Trinajstić information content (AvgIpc) is 3.35. The number of rotatable bonds is 2. The van der Waals surface area contributed by atoms with Crippen LogP contribution in [0.3, 0.4) is 0 Å². The lowest BCUT2D eigenvalue weighted by Crippen LogP contribution is -2.44. The summed E-state index contributed by atoms with van der Waals surface area (Å²) in [5.74, 6) is 0.00713. The number of aromatic nitrogens is 5. The first-order chi connectivity index (χ1) is 15.6. The van der Waals surface area contributed by atoms with Crippen molar-refractivity contribution < 1.29 is 4.39 Å². The van der Waals surface area contributed by atoms with Crippen molar-refractivity contribution in [3.8, 4) is 11.3 Å².